The normalized spacial score (nSPS) is 18.0. The second-order valence-corrected chi connectivity index (χ2v) is 7.07. The number of nitrogens with zero attached hydrogens (tertiary/aromatic N) is 4. The summed E-state index contributed by atoms with van der Waals surface area (Å²) in [5.74, 6) is -0.0638. The average Bonchev–Trinajstić information content (AvgIpc) is 3.21. The topological polar surface area (TPSA) is 63.1 Å². The molecule has 2 aromatic heterocycles. The van der Waals surface area contributed by atoms with E-state index in [1.54, 1.807) is 35.3 Å². The number of hydrogen-bond acceptors (Lipinski definition) is 5. The van der Waals surface area contributed by atoms with Crippen molar-refractivity contribution < 1.29 is 4.79 Å². The molecule has 0 radical (unpaired) electrons. The number of amides is 1. The molecule has 0 bridgehead atoms. The van der Waals surface area contributed by atoms with E-state index in [1.807, 2.05) is 18.2 Å². The quantitative estimate of drug-likeness (QED) is 0.795. The number of piperidine rings is 1. The van der Waals surface area contributed by atoms with E-state index in [4.69, 9.17) is 4.98 Å². The van der Waals surface area contributed by atoms with Crippen LogP contribution in [0.5, 0.6) is 0 Å². The molecule has 1 aliphatic rings. The SMILES string of the molecule is Cn1nccc1C(=O)NC1CCCN(c2nc3ccccc3s2)C1. The zero-order chi connectivity index (χ0) is 16.5. The van der Waals surface area contributed by atoms with Crippen molar-refractivity contribution in [2.45, 2.75) is 18.9 Å². The van der Waals surface area contributed by atoms with Crippen LogP contribution in [0.4, 0.5) is 5.13 Å². The van der Waals surface area contributed by atoms with E-state index in [0.29, 0.717) is 5.69 Å². The van der Waals surface area contributed by atoms with Gasteiger partial charge in [0.1, 0.15) is 5.69 Å². The first-order valence-electron chi connectivity index (χ1n) is 8.10. The molecule has 3 heterocycles. The predicted octanol–water partition coefficient (Wildman–Crippen LogP) is 2.43. The van der Waals surface area contributed by atoms with Gasteiger partial charge >= 0.3 is 0 Å². The molecule has 0 aliphatic carbocycles. The maximum atomic E-state index is 12.4. The lowest BCUT2D eigenvalue weighted by molar-refractivity contribution is 0.0923. The van der Waals surface area contributed by atoms with Crippen LogP contribution in [0, 0.1) is 0 Å². The van der Waals surface area contributed by atoms with E-state index in [-0.39, 0.29) is 11.9 Å². The standard InChI is InChI=1S/C17H19N5OS/c1-21-14(8-9-18-21)16(23)19-12-5-4-10-22(11-12)17-20-13-6-2-3-7-15(13)24-17/h2-3,6-9,12H,4-5,10-11H2,1H3,(H,19,23). The number of fused-ring (bicyclic) bond motifs is 1. The number of thiazole rings is 1. The minimum absolute atomic E-state index is 0.0638. The second-order valence-electron chi connectivity index (χ2n) is 6.06. The zero-order valence-corrected chi connectivity index (χ0v) is 14.3. The number of aryl methyl sites for hydroxylation is 1. The minimum Gasteiger partial charge on any atom is -0.346 e. The van der Waals surface area contributed by atoms with Gasteiger partial charge < -0.3 is 10.2 Å². The third-order valence-corrected chi connectivity index (χ3v) is 5.46. The van der Waals surface area contributed by atoms with Crippen LogP contribution in [-0.4, -0.2) is 39.8 Å². The summed E-state index contributed by atoms with van der Waals surface area (Å²) in [5, 5.41) is 8.22. The van der Waals surface area contributed by atoms with E-state index in [2.05, 4.69) is 21.4 Å². The first-order valence-corrected chi connectivity index (χ1v) is 8.92. The molecule has 0 saturated carbocycles. The Balaban J connectivity index is 1.47. The smallest absolute Gasteiger partial charge is 0.269 e. The van der Waals surface area contributed by atoms with E-state index >= 15 is 0 Å². The maximum absolute atomic E-state index is 12.4. The van der Waals surface area contributed by atoms with Crippen molar-refractivity contribution in [3.8, 4) is 0 Å². The Kier molecular flexibility index (Phi) is 3.93. The second kappa shape index (κ2) is 6.24. The van der Waals surface area contributed by atoms with Crippen LogP contribution in [0.1, 0.15) is 23.3 Å². The molecule has 24 heavy (non-hydrogen) atoms. The van der Waals surface area contributed by atoms with Gasteiger partial charge in [0.2, 0.25) is 0 Å². The predicted molar refractivity (Wildman–Crippen MR) is 95.5 cm³/mol. The van der Waals surface area contributed by atoms with E-state index < -0.39 is 0 Å². The molecule has 1 atom stereocenters. The average molecular weight is 341 g/mol. The summed E-state index contributed by atoms with van der Waals surface area (Å²) >= 11 is 1.71. The Morgan fingerprint density at radius 2 is 2.21 bits per heavy atom. The van der Waals surface area contributed by atoms with E-state index in [9.17, 15) is 4.79 Å². The third-order valence-electron chi connectivity index (χ3n) is 4.36. The first kappa shape index (κ1) is 15.1. The molecule has 1 N–H and O–H groups in total. The monoisotopic (exact) mass is 341 g/mol. The van der Waals surface area contributed by atoms with Gasteiger partial charge in [-0.15, -0.1) is 0 Å². The van der Waals surface area contributed by atoms with Gasteiger partial charge in [-0.25, -0.2) is 4.98 Å². The summed E-state index contributed by atoms with van der Waals surface area (Å²) in [4.78, 5) is 19.4. The van der Waals surface area contributed by atoms with Crippen molar-refractivity contribution in [1.82, 2.24) is 20.1 Å². The molecular formula is C17H19N5OS. The molecule has 1 saturated heterocycles. The van der Waals surface area contributed by atoms with Gasteiger partial charge in [0, 0.05) is 32.4 Å². The minimum atomic E-state index is -0.0638. The molecule has 1 amide bonds. The van der Waals surface area contributed by atoms with Gasteiger partial charge in [0.15, 0.2) is 5.13 Å². The molecule has 7 heteroatoms. The fraction of sp³-hybridized carbons (Fsp3) is 0.353. The Morgan fingerprint density at radius 1 is 1.33 bits per heavy atom. The highest BCUT2D eigenvalue weighted by molar-refractivity contribution is 7.22. The highest BCUT2D eigenvalue weighted by Gasteiger charge is 2.24. The highest BCUT2D eigenvalue weighted by Crippen LogP contribution is 2.30. The number of rotatable bonds is 3. The van der Waals surface area contributed by atoms with Crippen molar-refractivity contribution in [1.29, 1.82) is 0 Å². The Labute approximate surface area is 144 Å². The number of aromatic nitrogens is 3. The van der Waals surface area contributed by atoms with Crippen LogP contribution in [0.25, 0.3) is 10.2 Å². The van der Waals surface area contributed by atoms with E-state index in [1.165, 1.54) is 4.70 Å². The number of hydrogen-bond donors (Lipinski definition) is 1. The van der Waals surface area contributed by atoms with Crippen molar-refractivity contribution >= 4 is 32.6 Å². The van der Waals surface area contributed by atoms with Crippen molar-refractivity contribution in [2.24, 2.45) is 7.05 Å². The number of carbonyl (C=O) groups is 1. The summed E-state index contributed by atoms with van der Waals surface area (Å²) in [6.45, 7) is 1.78. The van der Waals surface area contributed by atoms with Crippen LogP contribution in [0.2, 0.25) is 0 Å². The maximum Gasteiger partial charge on any atom is 0.269 e. The summed E-state index contributed by atoms with van der Waals surface area (Å²) < 4.78 is 2.80. The summed E-state index contributed by atoms with van der Waals surface area (Å²) in [5.41, 5.74) is 1.63. The number of carbonyl (C=O) groups excluding carboxylic acids is 1. The van der Waals surface area contributed by atoms with Gasteiger partial charge in [-0.05, 0) is 31.0 Å². The number of para-hydroxylation sites is 1. The van der Waals surface area contributed by atoms with Crippen LogP contribution < -0.4 is 10.2 Å². The molecule has 124 valence electrons. The Morgan fingerprint density at radius 3 is 3.00 bits per heavy atom. The Hall–Kier alpha value is -2.41. The van der Waals surface area contributed by atoms with Crippen LogP contribution in [0.3, 0.4) is 0 Å². The molecule has 1 aliphatic heterocycles. The number of benzene rings is 1. The number of anilines is 1. The van der Waals surface area contributed by atoms with Crippen LogP contribution >= 0.6 is 11.3 Å². The Bertz CT molecular complexity index is 838. The molecular weight excluding hydrogens is 322 g/mol. The zero-order valence-electron chi connectivity index (χ0n) is 13.5. The van der Waals surface area contributed by atoms with Gasteiger partial charge in [0.05, 0.1) is 10.2 Å². The van der Waals surface area contributed by atoms with Gasteiger partial charge in [-0.2, -0.15) is 5.10 Å². The lowest BCUT2D eigenvalue weighted by Crippen LogP contribution is -2.48. The lowest BCUT2D eigenvalue weighted by atomic mass is 10.1. The molecule has 1 fully saturated rings. The van der Waals surface area contributed by atoms with Crippen LogP contribution in [0.15, 0.2) is 36.5 Å². The summed E-state index contributed by atoms with van der Waals surface area (Å²) in [6.07, 6.45) is 3.68. The largest absolute Gasteiger partial charge is 0.346 e. The van der Waals surface area contributed by atoms with Crippen molar-refractivity contribution in [3.05, 3.63) is 42.2 Å². The van der Waals surface area contributed by atoms with Gasteiger partial charge in [-0.3, -0.25) is 9.48 Å². The van der Waals surface area contributed by atoms with Crippen molar-refractivity contribution in [3.63, 3.8) is 0 Å². The van der Waals surface area contributed by atoms with Gasteiger partial charge in [0.25, 0.3) is 5.91 Å². The molecule has 0 spiro atoms. The third kappa shape index (κ3) is 2.87. The summed E-state index contributed by atoms with van der Waals surface area (Å²) in [6, 6.07) is 10.1. The molecule has 4 rings (SSSR count). The lowest BCUT2D eigenvalue weighted by Gasteiger charge is -2.32. The molecule has 3 aromatic rings. The van der Waals surface area contributed by atoms with Crippen LogP contribution in [-0.2, 0) is 7.05 Å². The van der Waals surface area contributed by atoms with E-state index in [0.717, 1.165) is 36.6 Å². The highest BCUT2D eigenvalue weighted by atomic mass is 32.1. The number of nitrogens with one attached hydrogen (secondary N) is 1. The fourth-order valence-corrected chi connectivity index (χ4v) is 4.12. The fourth-order valence-electron chi connectivity index (χ4n) is 3.12. The molecule has 1 unspecified atom stereocenters. The molecule has 6 nitrogen and oxygen atoms in total. The molecule has 1 aromatic carbocycles. The first-order chi connectivity index (χ1) is 11.7. The van der Waals surface area contributed by atoms with Gasteiger partial charge in [-0.1, -0.05) is 23.5 Å². The summed E-state index contributed by atoms with van der Waals surface area (Å²) in [7, 11) is 1.78. The van der Waals surface area contributed by atoms with Crippen molar-refractivity contribution in [2.75, 3.05) is 18.0 Å².